The normalized spacial score (nSPS) is 10.9. The molecule has 26 heavy (non-hydrogen) atoms. The smallest absolute Gasteiger partial charge is 0.411 e. The van der Waals surface area contributed by atoms with Gasteiger partial charge in [0.1, 0.15) is 5.75 Å². The van der Waals surface area contributed by atoms with E-state index >= 15 is 0 Å². The number of anilines is 2. The predicted octanol–water partition coefficient (Wildman–Crippen LogP) is 4.06. The fraction of sp³-hybridized carbons (Fsp3) is 0.235. The SMILES string of the molecule is CCOC(=O)Nc1cc(S(=O)(=O)Nc2ccc(I)cc2)ccc1OCC. The van der Waals surface area contributed by atoms with Crippen molar-refractivity contribution >= 4 is 50.1 Å². The summed E-state index contributed by atoms with van der Waals surface area (Å²) in [6.07, 6.45) is -0.686. The molecule has 0 radical (unpaired) electrons. The molecule has 2 rings (SSSR count). The van der Waals surface area contributed by atoms with Crippen LogP contribution in [0.3, 0.4) is 0 Å². The van der Waals surface area contributed by atoms with Gasteiger partial charge in [-0.1, -0.05) is 0 Å². The van der Waals surface area contributed by atoms with E-state index in [4.69, 9.17) is 9.47 Å². The molecule has 0 fully saturated rings. The average Bonchev–Trinajstić information content (AvgIpc) is 2.58. The van der Waals surface area contributed by atoms with Gasteiger partial charge in [0.2, 0.25) is 0 Å². The maximum atomic E-state index is 12.6. The third-order valence-corrected chi connectivity index (χ3v) is 5.27. The summed E-state index contributed by atoms with van der Waals surface area (Å²) in [4.78, 5) is 11.7. The number of rotatable bonds is 7. The zero-order valence-electron chi connectivity index (χ0n) is 14.3. The van der Waals surface area contributed by atoms with Gasteiger partial charge in [-0.05, 0) is 78.9 Å². The van der Waals surface area contributed by atoms with Crippen LogP contribution in [0.1, 0.15) is 13.8 Å². The highest BCUT2D eigenvalue weighted by Gasteiger charge is 2.18. The first-order valence-electron chi connectivity index (χ1n) is 7.84. The van der Waals surface area contributed by atoms with Crippen molar-refractivity contribution in [3.8, 4) is 5.75 Å². The zero-order valence-corrected chi connectivity index (χ0v) is 17.3. The van der Waals surface area contributed by atoms with Crippen molar-refractivity contribution in [2.45, 2.75) is 18.7 Å². The number of halogens is 1. The van der Waals surface area contributed by atoms with E-state index in [0.29, 0.717) is 18.0 Å². The molecule has 1 amide bonds. The Balaban J connectivity index is 2.32. The van der Waals surface area contributed by atoms with Gasteiger partial charge in [-0.2, -0.15) is 0 Å². The first-order chi connectivity index (χ1) is 12.4. The van der Waals surface area contributed by atoms with Crippen molar-refractivity contribution in [2.24, 2.45) is 0 Å². The summed E-state index contributed by atoms with van der Waals surface area (Å²) in [5.41, 5.74) is 0.662. The highest BCUT2D eigenvalue weighted by Crippen LogP contribution is 2.29. The van der Waals surface area contributed by atoms with Crippen LogP contribution in [-0.2, 0) is 14.8 Å². The van der Waals surface area contributed by atoms with Crippen LogP contribution in [0.5, 0.6) is 5.75 Å². The average molecular weight is 490 g/mol. The minimum atomic E-state index is -3.83. The Morgan fingerprint density at radius 1 is 1.08 bits per heavy atom. The Labute approximate surface area is 166 Å². The summed E-state index contributed by atoms with van der Waals surface area (Å²) in [6, 6.07) is 11.2. The topological polar surface area (TPSA) is 93.7 Å². The predicted molar refractivity (Wildman–Crippen MR) is 108 cm³/mol. The quantitative estimate of drug-likeness (QED) is 0.572. The van der Waals surface area contributed by atoms with Gasteiger partial charge in [0.05, 0.1) is 23.8 Å². The van der Waals surface area contributed by atoms with Crippen LogP contribution in [-0.4, -0.2) is 27.7 Å². The zero-order chi connectivity index (χ0) is 19.2. The molecule has 0 unspecified atom stereocenters. The van der Waals surface area contributed by atoms with Crippen LogP contribution in [0.25, 0.3) is 0 Å². The Morgan fingerprint density at radius 2 is 1.77 bits per heavy atom. The maximum absolute atomic E-state index is 12.6. The number of hydrogen-bond acceptors (Lipinski definition) is 5. The standard InChI is InChI=1S/C17H19IN2O5S/c1-3-24-16-10-9-14(11-15(16)19-17(21)25-4-2)26(22,23)20-13-7-5-12(18)6-8-13/h5-11,20H,3-4H2,1-2H3,(H,19,21). The number of nitrogens with one attached hydrogen (secondary N) is 2. The second-order valence-electron chi connectivity index (χ2n) is 5.05. The van der Waals surface area contributed by atoms with Crippen molar-refractivity contribution in [1.82, 2.24) is 0 Å². The lowest BCUT2D eigenvalue weighted by Crippen LogP contribution is -2.16. The molecule has 7 nitrogen and oxygen atoms in total. The highest BCUT2D eigenvalue weighted by molar-refractivity contribution is 14.1. The highest BCUT2D eigenvalue weighted by atomic mass is 127. The van der Waals surface area contributed by atoms with Crippen molar-refractivity contribution in [3.05, 3.63) is 46.0 Å². The van der Waals surface area contributed by atoms with Gasteiger partial charge in [-0.25, -0.2) is 13.2 Å². The van der Waals surface area contributed by atoms with Gasteiger partial charge in [0.25, 0.3) is 10.0 Å². The molecular weight excluding hydrogens is 471 g/mol. The van der Waals surface area contributed by atoms with Crippen LogP contribution in [0.2, 0.25) is 0 Å². The third-order valence-electron chi connectivity index (χ3n) is 3.17. The van der Waals surface area contributed by atoms with E-state index in [2.05, 4.69) is 32.6 Å². The second-order valence-corrected chi connectivity index (χ2v) is 7.98. The molecule has 0 spiro atoms. The molecular formula is C17H19IN2O5S. The van der Waals surface area contributed by atoms with Crippen LogP contribution < -0.4 is 14.8 Å². The van der Waals surface area contributed by atoms with E-state index in [9.17, 15) is 13.2 Å². The van der Waals surface area contributed by atoms with Crippen molar-refractivity contribution in [1.29, 1.82) is 0 Å². The van der Waals surface area contributed by atoms with Crippen LogP contribution in [0, 0.1) is 3.57 Å². The molecule has 9 heteroatoms. The lowest BCUT2D eigenvalue weighted by molar-refractivity contribution is 0.167. The largest absolute Gasteiger partial charge is 0.492 e. The van der Waals surface area contributed by atoms with E-state index in [-0.39, 0.29) is 17.2 Å². The van der Waals surface area contributed by atoms with Crippen LogP contribution in [0.4, 0.5) is 16.2 Å². The lowest BCUT2D eigenvalue weighted by Gasteiger charge is -2.14. The fourth-order valence-electron chi connectivity index (χ4n) is 2.06. The van der Waals surface area contributed by atoms with Gasteiger partial charge >= 0.3 is 6.09 Å². The first-order valence-corrected chi connectivity index (χ1v) is 10.4. The molecule has 0 bridgehead atoms. The molecule has 140 valence electrons. The van der Waals surface area contributed by atoms with Gasteiger partial charge in [0.15, 0.2) is 0 Å². The molecule has 2 N–H and O–H groups in total. The summed E-state index contributed by atoms with van der Waals surface area (Å²) in [7, 11) is -3.83. The molecule has 2 aromatic carbocycles. The monoisotopic (exact) mass is 490 g/mol. The maximum Gasteiger partial charge on any atom is 0.411 e. The van der Waals surface area contributed by atoms with Gasteiger partial charge < -0.3 is 9.47 Å². The third kappa shape index (κ3) is 5.49. The lowest BCUT2D eigenvalue weighted by atomic mass is 10.3. The summed E-state index contributed by atoms with van der Waals surface area (Å²) < 4.78 is 39.0. The van der Waals surface area contributed by atoms with E-state index in [0.717, 1.165) is 3.57 Å². The Kier molecular flexibility index (Phi) is 7.09. The van der Waals surface area contributed by atoms with E-state index in [1.54, 1.807) is 38.1 Å². The molecule has 0 aliphatic rings. The minimum absolute atomic E-state index is 0.00805. The van der Waals surface area contributed by atoms with Gasteiger partial charge in [-0.3, -0.25) is 10.0 Å². The number of ether oxygens (including phenoxy) is 2. The molecule has 0 atom stereocenters. The van der Waals surface area contributed by atoms with Gasteiger partial charge in [0, 0.05) is 9.26 Å². The first kappa shape index (κ1) is 20.3. The molecule has 0 saturated carbocycles. The molecule has 0 saturated heterocycles. The Morgan fingerprint density at radius 3 is 2.38 bits per heavy atom. The fourth-order valence-corrected chi connectivity index (χ4v) is 3.51. The van der Waals surface area contributed by atoms with E-state index in [1.165, 1.54) is 18.2 Å². The number of sulfonamides is 1. The molecule has 2 aromatic rings. The molecule has 0 aliphatic heterocycles. The van der Waals surface area contributed by atoms with Crippen LogP contribution in [0.15, 0.2) is 47.4 Å². The van der Waals surface area contributed by atoms with E-state index in [1.807, 2.05) is 0 Å². The summed E-state index contributed by atoms with van der Waals surface area (Å²) in [5.74, 6) is 0.355. The van der Waals surface area contributed by atoms with Crippen LogP contribution >= 0.6 is 22.6 Å². The number of carbonyl (C=O) groups is 1. The minimum Gasteiger partial charge on any atom is -0.492 e. The number of carbonyl (C=O) groups excluding carboxylic acids is 1. The van der Waals surface area contributed by atoms with Gasteiger partial charge in [-0.15, -0.1) is 0 Å². The summed E-state index contributed by atoms with van der Waals surface area (Å²) >= 11 is 2.14. The Hall–Kier alpha value is -2.01. The molecule has 0 aromatic heterocycles. The summed E-state index contributed by atoms with van der Waals surface area (Å²) in [5, 5.41) is 2.50. The summed E-state index contributed by atoms with van der Waals surface area (Å²) in [6.45, 7) is 4.03. The van der Waals surface area contributed by atoms with Crippen molar-refractivity contribution < 1.29 is 22.7 Å². The van der Waals surface area contributed by atoms with Crippen molar-refractivity contribution in [2.75, 3.05) is 23.3 Å². The molecule has 0 heterocycles. The molecule has 0 aliphatic carbocycles. The Bertz CT molecular complexity index is 869. The second kappa shape index (κ2) is 9.08. The number of hydrogen-bond donors (Lipinski definition) is 2. The number of benzene rings is 2. The van der Waals surface area contributed by atoms with Crippen molar-refractivity contribution in [3.63, 3.8) is 0 Å². The number of amides is 1. The van der Waals surface area contributed by atoms with E-state index < -0.39 is 16.1 Å².